The maximum Gasteiger partial charge on any atom is 0.335 e. The fraction of sp³-hybridized carbons (Fsp3) is 0.0625. The van der Waals surface area contributed by atoms with Crippen LogP contribution in [0.2, 0.25) is 5.02 Å². The summed E-state index contributed by atoms with van der Waals surface area (Å²) in [4.78, 5) is 14.1. The Morgan fingerprint density at radius 2 is 2.05 bits per heavy atom. The van der Waals surface area contributed by atoms with E-state index in [1.54, 1.807) is 30.3 Å². The number of ether oxygens (including phenoxy) is 1. The van der Waals surface area contributed by atoms with Crippen LogP contribution >= 0.6 is 11.6 Å². The zero-order valence-corrected chi connectivity index (χ0v) is 11.7. The zero-order chi connectivity index (χ0) is 14.8. The number of carbonyl (C=O) groups is 1. The van der Waals surface area contributed by atoms with Gasteiger partial charge >= 0.3 is 5.97 Å². The molecule has 0 aliphatic carbocycles. The summed E-state index contributed by atoms with van der Waals surface area (Å²) in [6.45, 7) is 0.359. The largest absolute Gasteiger partial charge is 0.487 e. The summed E-state index contributed by atoms with van der Waals surface area (Å²) in [5.41, 5.74) is 2.01. The van der Waals surface area contributed by atoms with Gasteiger partial charge in [0, 0.05) is 15.9 Å². The van der Waals surface area contributed by atoms with Crippen molar-refractivity contribution in [1.29, 1.82) is 0 Å². The van der Waals surface area contributed by atoms with E-state index in [0.29, 0.717) is 17.4 Å². The van der Waals surface area contributed by atoms with E-state index in [1.165, 1.54) is 0 Å². The number of carboxylic acid groups (broad SMARTS) is 1. The van der Waals surface area contributed by atoms with Gasteiger partial charge in [0.05, 0.1) is 11.3 Å². The number of fused-ring (bicyclic) bond motifs is 1. The minimum Gasteiger partial charge on any atom is -0.487 e. The topological polar surface area (TPSA) is 62.3 Å². The summed E-state index contributed by atoms with van der Waals surface area (Å²) >= 11 is 5.89. The molecule has 0 saturated heterocycles. The summed E-state index contributed by atoms with van der Waals surface area (Å²) in [6, 6.07) is 14.0. The predicted octanol–water partition coefficient (Wildman–Crippen LogP) is 4.10. The quantitative estimate of drug-likeness (QED) is 0.762. The number of H-pyrrole nitrogens is 1. The molecular weight excluding hydrogens is 290 g/mol. The van der Waals surface area contributed by atoms with Crippen LogP contribution < -0.4 is 4.74 Å². The molecule has 0 aliphatic rings. The standard InChI is InChI=1S/C16H12ClNO3/c17-12-2-1-3-14(8-12)21-9-13-7-11-6-10(16(19)20)4-5-15(11)18-13/h1-8,18H,9H2,(H,19,20). The van der Waals surface area contributed by atoms with Gasteiger partial charge in [0.1, 0.15) is 12.4 Å². The molecule has 2 aromatic carbocycles. The number of nitrogens with one attached hydrogen (secondary N) is 1. The van der Waals surface area contributed by atoms with Gasteiger partial charge in [0.25, 0.3) is 0 Å². The normalized spacial score (nSPS) is 10.7. The Labute approximate surface area is 125 Å². The SMILES string of the molecule is O=C(O)c1ccc2[nH]c(COc3cccc(Cl)c3)cc2c1. The summed E-state index contributed by atoms with van der Waals surface area (Å²) in [7, 11) is 0. The Morgan fingerprint density at radius 3 is 2.81 bits per heavy atom. The molecule has 21 heavy (non-hydrogen) atoms. The second kappa shape index (κ2) is 5.50. The molecule has 0 radical (unpaired) electrons. The molecule has 0 atom stereocenters. The van der Waals surface area contributed by atoms with Gasteiger partial charge in [-0.25, -0.2) is 4.79 Å². The van der Waals surface area contributed by atoms with Gasteiger partial charge in [-0.2, -0.15) is 0 Å². The smallest absolute Gasteiger partial charge is 0.335 e. The third kappa shape index (κ3) is 3.01. The molecule has 0 saturated carbocycles. The van der Waals surface area contributed by atoms with Crippen molar-refractivity contribution in [1.82, 2.24) is 4.98 Å². The van der Waals surface area contributed by atoms with Crippen LogP contribution in [0.15, 0.2) is 48.5 Å². The van der Waals surface area contributed by atoms with Crippen LogP contribution in [-0.4, -0.2) is 16.1 Å². The van der Waals surface area contributed by atoms with Crippen molar-refractivity contribution in [2.75, 3.05) is 0 Å². The second-order valence-corrected chi connectivity index (χ2v) is 5.08. The third-order valence-corrected chi connectivity index (χ3v) is 3.35. The van der Waals surface area contributed by atoms with Crippen LogP contribution in [0.5, 0.6) is 5.75 Å². The van der Waals surface area contributed by atoms with E-state index in [-0.39, 0.29) is 5.56 Å². The van der Waals surface area contributed by atoms with Crippen LogP contribution in [0.25, 0.3) is 10.9 Å². The number of hydrogen-bond acceptors (Lipinski definition) is 2. The monoisotopic (exact) mass is 301 g/mol. The highest BCUT2D eigenvalue weighted by atomic mass is 35.5. The molecule has 0 spiro atoms. The fourth-order valence-corrected chi connectivity index (χ4v) is 2.30. The predicted molar refractivity (Wildman–Crippen MR) is 81.0 cm³/mol. The highest BCUT2D eigenvalue weighted by Crippen LogP contribution is 2.21. The first-order valence-electron chi connectivity index (χ1n) is 6.35. The van der Waals surface area contributed by atoms with Gasteiger partial charge in [0.2, 0.25) is 0 Å². The number of aromatic nitrogens is 1. The molecule has 106 valence electrons. The van der Waals surface area contributed by atoms with Crippen molar-refractivity contribution in [3.05, 3.63) is 64.8 Å². The Morgan fingerprint density at radius 1 is 1.19 bits per heavy atom. The number of carboxylic acids is 1. The molecule has 3 rings (SSSR count). The Kier molecular flexibility index (Phi) is 3.54. The van der Waals surface area contributed by atoms with E-state index in [4.69, 9.17) is 21.4 Å². The first-order chi connectivity index (χ1) is 10.1. The number of aromatic carboxylic acids is 1. The van der Waals surface area contributed by atoms with E-state index in [0.717, 1.165) is 16.6 Å². The summed E-state index contributed by atoms with van der Waals surface area (Å²) < 4.78 is 5.65. The highest BCUT2D eigenvalue weighted by Gasteiger charge is 2.06. The molecule has 0 aliphatic heterocycles. The molecule has 5 heteroatoms. The first-order valence-corrected chi connectivity index (χ1v) is 6.73. The van der Waals surface area contributed by atoms with Gasteiger partial charge in [-0.05, 0) is 42.5 Å². The van der Waals surface area contributed by atoms with Crippen LogP contribution in [0.4, 0.5) is 0 Å². The van der Waals surface area contributed by atoms with Crippen LogP contribution in [0.1, 0.15) is 16.1 Å². The maximum absolute atomic E-state index is 10.9. The van der Waals surface area contributed by atoms with Gasteiger partial charge in [-0.3, -0.25) is 0 Å². The van der Waals surface area contributed by atoms with Gasteiger partial charge in [0.15, 0.2) is 0 Å². The van der Waals surface area contributed by atoms with Crippen molar-refractivity contribution in [2.45, 2.75) is 6.61 Å². The lowest BCUT2D eigenvalue weighted by Gasteiger charge is -2.04. The van der Waals surface area contributed by atoms with Crippen molar-refractivity contribution in [2.24, 2.45) is 0 Å². The third-order valence-electron chi connectivity index (χ3n) is 3.11. The van der Waals surface area contributed by atoms with E-state index in [9.17, 15) is 4.79 Å². The molecule has 0 fully saturated rings. The average Bonchev–Trinajstić information content (AvgIpc) is 2.87. The Hall–Kier alpha value is -2.46. The van der Waals surface area contributed by atoms with Crippen molar-refractivity contribution < 1.29 is 14.6 Å². The number of rotatable bonds is 4. The lowest BCUT2D eigenvalue weighted by atomic mass is 10.1. The Balaban J connectivity index is 1.80. The van der Waals surface area contributed by atoms with E-state index in [2.05, 4.69) is 4.98 Å². The molecule has 2 N–H and O–H groups in total. The highest BCUT2D eigenvalue weighted by molar-refractivity contribution is 6.30. The van der Waals surface area contributed by atoms with Crippen molar-refractivity contribution in [3.63, 3.8) is 0 Å². The lowest BCUT2D eigenvalue weighted by molar-refractivity contribution is 0.0697. The summed E-state index contributed by atoms with van der Waals surface area (Å²) in [6.07, 6.45) is 0. The molecule has 4 nitrogen and oxygen atoms in total. The second-order valence-electron chi connectivity index (χ2n) is 4.65. The molecular formula is C16H12ClNO3. The average molecular weight is 302 g/mol. The number of halogens is 1. The van der Waals surface area contributed by atoms with E-state index in [1.807, 2.05) is 18.2 Å². The van der Waals surface area contributed by atoms with Crippen LogP contribution in [0.3, 0.4) is 0 Å². The molecule has 0 bridgehead atoms. The van der Waals surface area contributed by atoms with Gasteiger partial charge in [-0.15, -0.1) is 0 Å². The summed E-state index contributed by atoms with van der Waals surface area (Å²) in [5, 5.41) is 10.4. The number of aromatic amines is 1. The van der Waals surface area contributed by atoms with Crippen molar-refractivity contribution >= 4 is 28.5 Å². The van der Waals surface area contributed by atoms with Gasteiger partial charge in [-0.1, -0.05) is 17.7 Å². The van der Waals surface area contributed by atoms with Crippen LogP contribution in [-0.2, 0) is 6.61 Å². The molecule has 0 unspecified atom stereocenters. The summed E-state index contributed by atoms with van der Waals surface area (Å²) in [5.74, 6) is -0.248. The maximum atomic E-state index is 10.9. The number of hydrogen-bond donors (Lipinski definition) is 2. The molecule has 1 heterocycles. The van der Waals surface area contributed by atoms with E-state index >= 15 is 0 Å². The zero-order valence-electron chi connectivity index (χ0n) is 11.0. The Bertz CT molecular complexity index is 810. The van der Waals surface area contributed by atoms with E-state index < -0.39 is 5.97 Å². The first kappa shape index (κ1) is 13.5. The molecule has 1 aromatic heterocycles. The molecule has 0 amide bonds. The number of benzene rings is 2. The van der Waals surface area contributed by atoms with Crippen molar-refractivity contribution in [3.8, 4) is 5.75 Å². The van der Waals surface area contributed by atoms with Crippen LogP contribution in [0, 0.1) is 0 Å². The minimum absolute atomic E-state index is 0.267. The molecule has 3 aromatic rings. The van der Waals surface area contributed by atoms with Gasteiger partial charge < -0.3 is 14.8 Å². The minimum atomic E-state index is -0.935. The lowest BCUT2D eigenvalue weighted by Crippen LogP contribution is -1.95. The fourth-order valence-electron chi connectivity index (χ4n) is 2.12.